The van der Waals surface area contributed by atoms with E-state index < -0.39 is 0 Å². The van der Waals surface area contributed by atoms with Gasteiger partial charge in [0.25, 0.3) is 5.91 Å². The highest BCUT2D eigenvalue weighted by molar-refractivity contribution is 6.29. The Bertz CT molecular complexity index is 459. The quantitative estimate of drug-likeness (QED) is 0.800. The number of hydrogen-bond donors (Lipinski definition) is 2. The number of anilines is 1. The predicted molar refractivity (Wildman–Crippen MR) is 69.6 cm³/mol. The van der Waals surface area contributed by atoms with Crippen LogP contribution in [0, 0.1) is 0 Å². The number of nitrogens with one attached hydrogen (secondary N) is 1. The fourth-order valence-electron chi connectivity index (χ4n) is 1.93. The number of aromatic nitrogens is 1. The maximum absolute atomic E-state index is 12.2. The minimum absolute atomic E-state index is 0.221. The Morgan fingerprint density at radius 1 is 1.56 bits per heavy atom. The zero-order valence-corrected chi connectivity index (χ0v) is 11.0. The molecule has 0 saturated carbocycles. The number of carbonyl (C=O) groups is 1. The monoisotopic (exact) mass is 269 g/mol. The van der Waals surface area contributed by atoms with Gasteiger partial charge in [-0.2, -0.15) is 0 Å². The molecule has 1 aromatic rings. The summed E-state index contributed by atoms with van der Waals surface area (Å²) in [4.78, 5) is 16.0. The number of amides is 1. The molecule has 1 aliphatic heterocycles. The molecule has 1 aliphatic rings. The third-order valence-electron chi connectivity index (χ3n) is 3.16. The van der Waals surface area contributed by atoms with E-state index in [-0.39, 0.29) is 16.6 Å². The lowest BCUT2D eigenvalue weighted by Gasteiger charge is -2.34. The number of ether oxygens (including phenoxy) is 1. The van der Waals surface area contributed by atoms with Gasteiger partial charge in [0.1, 0.15) is 5.15 Å². The van der Waals surface area contributed by atoms with E-state index in [0.717, 1.165) is 12.8 Å². The summed E-state index contributed by atoms with van der Waals surface area (Å²) in [6.45, 7) is 3.32. The van der Waals surface area contributed by atoms with E-state index in [4.69, 9.17) is 22.1 Å². The van der Waals surface area contributed by atoms with Gasteiger partial charge in [-0.15, -0.1) is 0 Å². The number of nitrogens with zero attached hydrogens (tertiary/aromatic N) is 1. The lowest BCUT2D eigenvalue weighted by molar-refractivity contribution is 0.0423. The molecule has 0 unspecified atom stereocenters. The van der Waals surface area contributed by atoms with Gasteiger partial charge in [-0.3, -0.25) is 4.79 Å². The summed E-state index contributed by atoms with van der Waals surface area (Å²) in [5.41, 5.74) is 6.17. The average molecular weight is 270 g/mol. The summed E-state index contributed by atoms with van der Waals surface area (Å²) in [6, 6.07) is 1.48. The van der Waals surface area contributed by atoms with Crippen LogP contribution in [-0.2, 0) is 4.74 Å². The summed E-state index contributed by atoms with van der Waals surface area (Å²) in [5.74, 6) is -0.221. The summed E-state index contributed by atoms with van der Waals surface area (Å²) in [7, 11) is 0. The molecule has 0 atom stereocenters. The van der Waals surface area contributed by atoms with Gasteiger partial charge >= 0.3 is 0 Å². The smallest absolute Gasteiger partial charge is 0.253 e. The van der Waals surface area contributed by atoms with Crippen LogP contribution in [0.2, 0.25) is 5.15 Å². The van der Waals surface area contributed by atoms with Crippen LogP contribution < -0.4 is 11.1 Å². The third-order valence-corrected chi connectivity index (χ3v) is 3.36. The number of carbonyl (C=O) groups excluding carboxylic acids is 1. The lowest BCUT2D eigenvalue weighted by Crippen LogP contribution is -2.49. The average Bonchev–Trinajstić information content (AvgIpc) is 2.32. The fourth-order valence-corrected chi connectivity index (χ4v) is 2.08. The van der Waals surface area contributed by atoms with E-state index in [1.54, 1.807) is 0 Å². The molecule has 18 heavy (non-hydrogen) atoms. The Hall–Kier alpha value is -1.33. The zero-order valence-electron chi connectivity index (χ0n) is 10.2. The van der Waals surface area contributed by atoms with Gasteiger partial charge in [-0.25, -0.2) is 4.98 Å². The van der Waals surface area contributed by atoms with Gasteiger partial charge in [0.15, 0.2) is 0 Å². The molecule has 1 saturated heterocycles. The van der Waals surface area contributed by atoms with Crippen molar-refractivity contribution in [3.05, 3.63) is 23.0 Å². The molecule has 0 bridgehead atoms. The van der Waals surface area contributed by atoms with E-state index in [9.17, 15) is 4.79 Å². The normalized spacial score (nSPS) is 18.3. The van der Waals surface area contributed by atoms with E-state index in [1.807, 2.05) is 6.92 Å². The van der Waals surface area contributed by atoms with Crippen molar-refractivity contribution in [3.8, 4) is 0 Å². The Kier molecular flexibility index (Phi) is 3.73. The minimum atomic E-state index is -0.252. The third kappa shape index (κ3) is 2.91. The molecule has 5 nitrogen and oxygen atoms in total. The largest absolute Gasteiger partial charge is 0.397 e. The van der Waals surface area contributed by atoms with E-state index in [2.05, 4.69) is 10.3 Å². The first-order valence-corrected chi connectivity index (χ1v) is 6.19. The van der Waals surface area contributed by atoms with Crippen LogP contribution in [0.25, 0.3) is 0 Å². The van der Waals surface area contributed by atoms with E-state index in [1.165, 1.54) is 12.3 Å². The number of pyridine rings is 1. The van der Waals surface area contributed by atoms with Crippen molar-refractivity contribution < 1.29 is 9.53 Å². The number of nitrogen functional groups attached to an aromatic ring is 1. The molecule has 0 spiro atoms. The van der Waals surface area contributed by atoms with Gasteiger partial charge in [-0.05, 0) is 25.8 Å². The van der Waals surface area contributed by atoms with Gasteiger partial charge in [0.05, 0.1) is 17.4 Å². The molecule has 98 valence electrons. The van der Waals surface area contributed by atoms with Crippen molar-refractivity contribution in [2.45, 2.75) is 25.3 Å². The molecule has 0 aliphatic carbocycles. The van der Waals surface area contributed by atoms with Gasteiger partial charge in [0.2, 0.25) is 0 Å². The lowest BCUT2D eigenvalue weighted by atomic mass is 9.92. The van der Waals surface area contributed by atoms with E-state index >= 15 is 0 Å². The topological polar surface area (TPSA) is 77.2 Å². The van der Waals surface area contributed by atoms with E-state index in [0.29, 0.717) is 24.5 Å². The van der Waals surface area contributed by atoms with Crippen LogP contribution in [0.1, 0.15) is 30.1 Å². The summed E-state index contributed by atoms with van der Waals surface area (Å²) >= 11 is 5.77. The second-order valence-corrected chi connectivity index (χ2v) is 5.11. The maximum Gasteiger partial charge on any atom is 0.253 e. The summed E-state index contributed by atoms with van der Waals surface area (Å²) in [5, 5.41) is 3.25. The van der Waals surface area contributed by atoms with Crippen LogP contribution in [0.5, 0.6) is 0 Å². The molecule has 2 rings (SSSR count). The molecule has 2 heterocycles. The van der Waals surface area contributed by atoms with Gasteiger partial charge in [-0.1, -0.05) is 11.6 Å². The second kappa shape index (κ2) is 5.12. The fraction of sp³-hybridized carbons (Fsp3) is 0.500. The SMILES string of the molecule is CC1(NC(=O)c2cc(Cl)ncc2N)CCOCC1. The maximum atomic E-state index is 12.2. The Balaban J connectivity index is 2.14. The summed E-state index contributed by atoms with van der Waals surface area (Å²) < 4.78 is 5.29. The zero-order chi connectivity index (χ0) is 13.2. The highest BCUT2D eigenvalue weighted by Crippen LogP contribution is 2.22. The summed E-state index contributed by atoms with van der Waals surface area (Å²) in [6.07, 6.45) is 2.97. The van der Waals surface area contributed by atoms with Crippen molar-refractivity contribution >= 4 is 23.2 Å². The van der Waals surface area contributed by atoms with Crippen molar-refractivity contribution in [1.29, 1.82) is 0 Å². The molecular formula is C12H16ClN3O2. The molecule has 1 amide bonds. The predicted octanol–water partition coefficient (Wildman–Crippen LogP) is 1.62. The molecule has 0 radical (unpaired) electrons. The first-order chi connectivity index (χ1) is 8.50. The van der Waals surface area contributed by atoms with Crippen LogP contribution in [-0.4, -0.2) is 29.6 Å². The molecule has 1 fully saturated rings. The minimum Gasteiger partial charge on any atom is -0.397 e. The van der Waals surface area contributed by atoms with Crippen molar-refractivity contribution in [3.63, 3.8) is 0 Å². The Morgan fingerprint density at radius 3 is 2.89 bits per heavy atom. The molecule has 3 N–H and O–H groups in total. The standard InChI is InChI=1S/C12H16ClN3O2/c1-12(2-4-18-5-3-12)16-11(17)8-6-10(13)15-7-9(8)14/h6-7H,2-5,14H2,1H3,(H,16,17). The van der Waals surface area contributed by atoms with Gasteiger partial charge in [0, 0.05) is 18.8 Å². The van der Waals surface area contributed by atoms with Crippen molar-refractivity contribution in [2.75, 3.05) is 18.9 Å². The highest BCUT2D eigenvalue weighted by Gasteiger charge is 2.29. The first kappa shape index (κ1) is 13.1. The molecule has 6 heteroatoms. The number of halogens is 1. The van der Waals surface area contributed by atoms with Crippen molar-refractivity contribution in [1.82, 2.24) is 10.3 Å². The van der Waals surface area contributed by atoms with Gasteiger partial charge < -0.3 is 15.8 Å². The van der Waals surface area contributed by atoms with Crippen LogP contribution in [0.4, 0.5) is 5.69 Å². The van der Waals surface area contributed by atoms with Crippen LogP contribution >= 0.6 is 11.6 Å². The highest BCUT2D eigenvalue weighted by atomic mass is 35.5. The Morgan fingerprint density at radius 2 is 2.22 bits per heavy atom. The number of rotatable bonds is 2. The van der Waals surface area contributed by atoms with Crippen molar-refractivity contribution in [2.24, 2.45) is 0 Å². The Labute approximate surface area is 111 Å². The second-order valence-electron chi connectivity index (χ2n) is 4.72. The number of nitrogens with two attached hydrogens (primary N) is 1. The van der Waals surface area contributed by atoms with Crippen LogP contribution in [0.3, 0.4) is 0 Å². The molecular weight excluding hydrogens is 254 g/mol. The van der Waals surface area contributed by atoms with Crippen LogP contribution in [0.15, 0.2) is 12.3 Å². The molecule has 1 aromatic heterocycles. The molecule has 0 aromatic carbocycles. The number of hydrogen-bond acceptors (Lipinski definition) is 4. The first-order valence-electron chi connectivity index (χ1n) is 5.81.